The molecule has 4 bridgehead atoms. The summed E-state index contributed by atoms with van der Waals surface area (Å²) in [5, 5.41) is -0.172. The molecule has 0 aromatic heterocycles. The average Bonchev–Trinajstić information content (AvgIpc) is 1.79. The van der Waals surface area contributed by atoms with Crippen molar-refractivity contribution in [2.24, 2.45) is 0 Å². The summed E-state index contributed by atoms with van der Waals surface area (Å²) in [5.41, 5.74) is 0. The van der Waals surface area contributed by atoms with Crippen molar-refractivity contribution >= 4 is 8.58 Å². The zero-order chi connectivity index (χ0) is 7.47. The third-order valence-electron chi connectivity index (χ3n) is 2.30. The Bertz CT molecular complexity index is 159. The van der Waals surface area contributed by atoms with Crippen molar-refractivity contribution < 1.29 is 14.2 Å². The Morgan fingerprint density at radius 3 is 2.91 bits per heavy atom. The van der Waals surface area contributed by atoms with Crippen LogP contribution in [-0.4, -0.2) is 23.8 Å². The summed E-state index contributed by atoms with van der Waals surface area (Å²) >= 11 is 0. The van der Waals surface area contributed by atoms with Crippen LogP contribution in [0.5, 0.6) is 0 Å². The summed E-state index contributed by atoms with van der Waals surface area (Å²) in [6.45, 7) is 4.06. The van der Waals surface area contributed by atoms with E-state index >= 15 is 0 Å². The summed E-state index contributed by atoms with van der Waals surface area (Å²) in [6.07, 6.45) is 1.63. The highest BCUT2D eigenvalue weighted by atomic mass is 31.1. The van der Waals surface area contributed by atoms with Gasteiger partial charge >= 0.3 is 0 Å². The van der Waals surface area contributed by atoms with Crippen LogP contribution < -0.4 is 0 Å². The van der Waals surface area contributed by atoms with Gasteiger partial charge in [-0.15, -0.1) is 0 Å². The van der Waals surface area contributed by atoms with E-state index in [-0.39, 0.29) is 17.9 Å². The first-order chi connectivity index (χ1) is 5.23. The predicted molar refractivity (Wildman–Crippen MR) is 40.3 cm³/mol. The van der Waals surface area contributed by atoms with Crippen molar-refractivity contribution in [3.63, 3.8) is 0 Å². The van der Waals surface area contributed by atoms with E-state index in [1.807, 2.05) is 0 Å². The molecule has 11 heavy (non-hydrogen) atoms. The van der Waals surface area contributed by atoms with Crippen LogP contribution in [-0.2, 0) is 14.2 Å². The fourth-order valence-electron chi connectivity index (χ4n) is 1.89. The van der Waals surface area contributed by atoms with E-state index < -0.39 is 0 Å². The zero-order valence-corrected chi connectivity index (χ0v) is 7.08. The first kappa shape index (κ1) is 6.79. The van der Waals surface area contributed by atoms with E-state index in [1.54, 1.807) is 0 Å². The third-order valence-corrected chi connectivity index (χ3v) is 3.85. The Morgan fingerprint density at radius 2 is 2.27 bits per heavy atom. The first-order valence-electron chi connectivity index (χ1n) is 3.85. The summed E-state index contributed by atoms with van der Waals surface area (Å²) < 4.78 is 16.6. The SMILES string of the molecule is [CH2]C12CC3OC(CC(O3)P1)O2. The number of rotatable bonds is 0. The molecule has 0 aromatic rings. The molecule has 0 saturated carbocycles. The quantitative estimate of drug-likeness (QED) is 0.512. The van der Waals surface area contributed by atoms with Gasteiger partial charge < -0.3 is 14.2 Å². The Morgan fingerprint density at radius 1 is 1.36 bits per heavy atom. The molecule has 0 spiro atoms. The summed E-state index contributed by atoms with van der Waals surface area (Å²) in [7, 11) is 0.687. The monoisotopic (exact) mass is 173 g/mol. The van der Waals surface area contributed by atoms with Crippen molar-refractivity contribution in [3.8, 4) is 0 Å². The van der Waals surface area contributed by atoms with Gasteiger partial charge in [0, 0.05) is 12.8 Å². The third kappa shape index (κ3) is 0.955. The van der Waals surface area contributed by atoms with E-state index in [2.05, 4.69) is 6.92 Å². The van der Waals surface area contributed by atoms with Gasteiger partial charge in [0.25, 0.3) is 0 Å². The Hall–Kier alpha value is 0.310. The molecule has 4 heteroatoms. The molecule has 1 radical (unpaired) electrons. The summed E-state index contributed by atoms with van der Waals surface area (Å²) in [6, 6.07) is 0. The van der Waals surface area contributed by atoms with E-state index in [1.165, 1.54) is 0 Å². The molecule has 0 N–H and O–H groups in total. The van der Waals surface area contributed by atoms with Crippen LogP contribution in [0.2, 0.25) is 0 Å². The number of hydrogen-bond donors (Lipinski definition) is 0. The number of ether oxygens (including phenoxy) is 3. The van der Waals surface area contributed by atoms with Crippen molar-refractivity contribution in [1.29, 1.82) is 0 Å². The zero-order valence-electron chi connectivity index (χ0n) is 6.08. The highest BCUT2D eigenvalue weighted by Gasteiger charge is 2.51. The maximum Gasteiger partial charge on any atom is 0.164 e. The van der Waals surface area contributed by atoms with Gasteiger partial charge in [0.1, 0.15) is 0 Å². The van der Waals surface area contributed by atoms with Crippen LogP contribution in [0, 0.1) is 6.92 Å². The minimum absolute atomic E-state index is 0.0359. The molecule has 5 unspecified atom stereocenters. The molecular weight excluding hydrogens is 163 g/mol. The molecule has 0 aliphatic carbocycles. The normalized spacial score (nSPS) is 62.5. The second-order valence-electron chi connectivity index (χ2n) is 3.32. The van der Waals surface area contributed by atoms with E-state index in [9.17, 15) is 0 Å². The maximum atomic E-state index is 5.61. The minimum Gasteiger partial charge on any atom is -0.345 e. The molecule has 0 aromatic carbocycles. The summed E-state index contributed by atoms with van der Waals surface area (Å²) in [4.78, 5) is 0. The van der Waals surface area contributed by atoms with Gasteiger partial charge in [0.15, 0.2) is 12.6 Å². The van der Waals surface area contributed by atoms with Crippen LogP contribution in [0.1, 0.15) is 12.8 Å². The molecule has 61 valence electrons. The molecule has 4 aliphatic rings. The van der Waals surface area contributed by atoms with E-state index in [0.29, 0.717) is 14.4 Å². The minimum atomic E-state index is -0.172. The summed E-state index contributed by atoms with van der Waals surface area (Å²) in [5.74, 6) is 0.360. The van der Waals surface area contributed by atoms with Crippen LogP contribution in [0.15, 0.2) is 0 Å². The largest absolute Gasteiger partial charge is 0.345 e. The van der Waals surface area contributed by atoms with Gasteiger partial charge in [-0.05, 0) is 6.92 Å². The molecule has 5 atom stereocenters. The van der Waals surface area contributed by atoms with Gasteiger partial charge in [-0.2, -0.15) is 0 Å². The molecular formula is C7H10O3P. The Labute approximate surface area is 67.2 Å². The average molecular weight is 173 g/mol. The van der Waals surface area contributed by atoms with Gasteiger partial charge in [0.05, 0.1) is 11.2 Å². The van der Waals surface area contributed by atoms with Gasteiger partial charge in [-0.1, -0.05) is 8.58 Å². The van der Waals surface area contributed by atoms with Crippen molar-refractivity contribution in [2.75, 3.05) is 0 Å². The Balaban J connectivity index is 1.94. The lowest BCUT2D eigenvalue weighted by Gasteiger charge is -2.53. The van der Waals surface area contributed by atoms with E-state index in [4.69, 9.17) is 14.2 Å². The lowest BCUT2D eigenvalue weighted by Crippen LogP contribution is -2.55. The van der Waals surface area contributed by atoms with E-state index in [0.717, 1.165) is 12.8 Å². The molecule has 4 rings (SSSR count). The molecule has 4 fully saturated rings. The smallest absolute Gasteiger partial charge is 0.164 e. The van der Waals surface area contributed by atoms with Crippen molar-refractivity contribution in [3.05, 3.63) is 6.92 Å². The van der Waals surface area contributed by atoms with Gasteiger partial charge in [-0.3, -0.25) is 0 Å². The van der Waals surface area contributed by atoms with Crippen LogP contribution in [0.4, 0.5) is 0 Å². The first-order valence-corrected chi connectivity index (χ1v) is 4.93. The fraction of sp³-hybridized carbons (Fsp3) is 0.857. The molecule has 3 nitrogen and oxygen atoms in total. The van der Waals surface area contributed by atoms with Crippen molar-refractivity contribution in [2.45, 2.75) is 36.6 Å². The van der Waals surface area contributed by atoms with Crippen LogP contribution in [0.3, 0.4) is 0 Å². The second kappa shape index (κ2) is 1.97. The molecule has 4 aliphatic heterocycles. The predicted octanol–water partition coefficient (Wildman–Crippen LogP) is 1.04. The standard InChI is InChI=1S/C7H10O3P/c1-7-3-5-8-4(10-7)2-6(9-5)11-7/h4-6,11H,1-3H2. The topological polar surface area (TPSA) is 27.7 Å². The number of hydrogen-bond acceptors (Lipinski definition) is 3. The highest BCUT2D eigenvalue weighted by Crippen LogP contribution is 2.55. The highest BCUT2D eigenvalue weighted by molar-refractivity contribution is 7.40. The Kier molecular flexibility index (Phi) is 1.21. The van der Waals surface area contributed by atoms with Crippen molar-refractivity contribution in [1.82, 2.24) is 0 Å². The lowest BCUT2D eigenvalue weighted by atomic mass is 10.2. The van der Waals surface area contributed by atoms with Crippen LogP contribution >= 0.6 is 8.58 Å². The molecule has 0 amide bonds. The van der Waals surface area contributed by atoms with Gasteiger partial charge in [-0.25, -0.2) is 0 Å². The van der Waals surface area contributed by atoms with Crippen LogP contribution in [0.25, 0.3) is 0 Å². The molecule has 4 heterocycles. The maximum absolute atomic E-state index is 5.61. The fourth-order valence-corrected chi connectivity index (χ4v) is 3.49. The molecule has 4 saturated heterocycles. The lowest BCUT2D eigenvalue weighted by molar-refractivity contribution is -0.359. The van der Waals surface area contributed by atoms with Gasteiger partial charge in [0.2, 0.25) is 0 Å². The second-order valence-corrected chi connectivity index (χ2v) is 5.16.